The molecular formula is C15H18O5S. The Morgan fingerprint density at radius 1 is 1.43 bits per heavy atom. The zero-order valence-corrected chi connectivity index (χ0v) is 12.9. The molecule has 0 fully saturated rings. The summed E-state index contributed by atoms with van der Waals surface area (Å²) in [4.78, 5) is 11.2. The number of fused-ring (bicyclic) bond motifs is 1. The zero-order valence-electron chi connectivity index (χ0n) is 12.0. The predicted octanol–water partition coefficient (Wildman–Crippen LogP) is 2.38. The number of aliphatic hydroxyl groups excluding tert-OH is 1. The average molecular weight is 310 g/mol. The van der Waals surface area contributed by atoms with Crippen molar-refractivity contribution in [1.82, 2.24) is 0 Å². The summed E-state index contributed by atoms with van der Waals surface area (Å²) < 4.78 is 15.7. The normalized spacial score (nSPS) is 10.8. The van der Waals surface area contributed by atoms with E-state index in [1.165, 1.54) is 7.11 Å². The molecule has 1 aromatic carbocycles. The summed E-state index contributed by atoms with van der Waals surface area (Å²) >= 11 is 1.73. The highest BCUT2D eigenvalue weighted by atomic mass is 32.2. The van der Waals surface area contributed by atoms with Crippen molar-refractivity contribution in [2.45, 2.75) is 13.0 Å². The highest BCUT2D eigenvalue weighted by Gasteiger charge is 2.17. The summed E-state index contributed by atoms with van der Waals surface area (Å²) in [6.45, 7) is -0.334. The molecule has 2 aromatic rings. The molecule has 0 atom stereocenters. The number of para-hydroxylation sites is 1. The molecular weight excluding hydrogens is 292 g/mol. The van der Waals surface area contributed by atoms with Crippen LogP contribution in [0.4, 0.5) is 0 Å². The third-order valence-corrected chi connectivity index (χ3v) is 3.75. The average Bonchev–Trinajstić information content (AvgIpc) is 2.88. The van der Waals surface area contributed by atoms with Crippen LogP contribution in [0.2, 0.25) is 0 Å². The van der Waals surface area contributed by atoms with E-state index in [9.17, 15) is 9.90 Å². The summed E-state index contributed by atoms with van der Waals surface area (Å²) in [5.74, 6) is 1.51. The number of rotatable bonds is 7. The zero-order chi connectivity index (χ0) is 15.2. The topological polar surface area (TPSA) is 68.9 Å². The Hall–Kier alpha value is -1.66. The summed E-state index contributed by atoms with van der Waals surface area (Å²) in [6, 6.07) is 5.50. The van der Waals surface area contributed by atoms with Crippen LogP contribution in [-0.2, 0) is 22.6 Å². The molecule has 0 radical (unpaired) electrons. The lowest BCUT2D eigenvalue weighted by Crippen LogP contribution is -2.12. The van der Waals surface area contributed by atoms with Crippen LogP contribution in [0, 0.1) is 0 Å². The molecule has 5 nitrogen and oxygen atoms in total. The molecule has 1 N–H and O–H groups in total. The van der Waals surface area contributed by atoms with Crippen LogP contribution in [0.5, 0.6) is 5.75 Å². The molecule has 1 aromatic heterocycles. The Morgan fingerprint density at radius 3 is 2.90 bits per heavy atom. The van der Waals surface area contributed by atoms with Crippen molar-refractivity contribution in [3.8, 4) is 5.75 Å². The van der Waals surface area contributed by atoms with E-state index in [-0.39, 0.29) is 13.2 Å². The molecule has 0 aliphatic rings. The van der Waals surface area contributed by atoms with E-state index in [1.807, 2.05) is 18.4 Å². The SMILES string of the molecule is COC(=O)COc1cccc2c(CCSC)c(CO)oc12. The lowest BCUT2D eigenvalue weighted by atomic mass is 10.1. The van der Waals surface area contributed by atoms with E-state index >= 15 is 0 Å². The van der Waals surface area contributed by atoms with Crippen molar-refractivity contribution >= 4 is 28.7 Å². The number of aryl methyl sites for hydroxylation is 1. The smallest absolute Gasteiger partial charge is 0.343 e. The Bertz CT molecular complexity index is 620. The first-order valence-corrected chi connectivity index (χ1v) is 7.93. The molecule has 0 unspecified atom stereocenters. The van der Waals surface area contributed by atoms with Gasteiger partial charge in [-0.25, -0.2) is 4.79 Å². The molecule has 0 saturated heterocycles. The van der Waals surface area contributed by atoms with E-state index in [2.05, 4.69) is 4.74 Å². The Morgan fingerprint density at radius 2 is 2.24 bits per heavy atom. The van der Waals surface area contributed by atoms with Gasteiger partial charge in [0.15, 0.2) is 17.9 Å². The van der Waals surface area contributed by atoms with Crippen LogP contribution >= 0.6 is 11.8 Å². The number of ether oxygens (including phenoxy) is 2. The van der Waals surface area contributed by atoms with Crippen LogP contribution in [0.3, 0.4) is 0 Å². The van der Waals surface area contributed by atoms with Gasteiger partial charge in [-0.1, -0.05) is 12.1 Å². The molecule has 0 aliphatic carbocycles. The van der Waals surface area contributed by atoms with Gasteiger partial charge in [-0.3, -0.25) is 0 Å². The number of hydrogen-bond donors (Lipinski definition) is 1. The first-order chi connectivity index (χ1) is 10.2. The van der Waals surface area contributed by atoms with Gasteiger partial charge in [0.2, 0.25) is 0 Å². The van der Waals surface area contributed by atoms with E-state index in [0.29, 0.717) is 17.1 Å². The molecule has 6 heteroatoms. The highest BCUT2D eigenvalue weighted by molar-refractivity contribution is 7.98. The van der Waals surface area contributed by atoms with Crippen molar-refractivity contribution in [3.05, 3.63) is 29.5 Å². The molecule has 0 saturated carbocycles. The number of carbonyl (C=O) groups excluding carboxylic acids is 1. The highest BCUT2D eigenvalue weighted by Crippen LogP contribution is 2.33. The summed E-state index contributed by atoms with van der Waals surface area (Å²) in [5, 5.41) is 10.4. The molecule has 0 aliphatic heterocycles. The van der Waals surface area contributed by atoms with Gasteiger partial charge in [0.1, 0.15) is 12.4 Å². The molecule has 21 heavy (non-hydrogen) atoms. The molecule has 2 rings (SSSR count). The molecule has 0 spiro atoms. The third-order valence-electron chi connectivity index (χ3n) is 3.14. The van der Waals surface area contributed by atoms with Crippen molar-refractivity contribution in [2.75, 3.05) is 25.7 Å². The predicted molar refractivity (Wildman–Crippen MR) is 81.7 cm³/mol. The second-order valence-electron chi connectivity index (χ2n) is 4.40. The van der Waals surface area contributed by atoms with Crippen LogP contribution in [-0.4, -0.2) is 36.8 Å². The van der Waals surface area contributed by atoms with E-state index in [0.717, 1.165) is 23.1 Å². The molecule has 0 amide bonds. The molecule has 1 heterocycles. The third kappa shape index (κ3) is 3.51. The first-order valence-electron chi connectivity index (χ1n) is 6.54. The van der Waals surface area contributed by atoms with Gasteiger partial charge in [-0.05, 0) is 24.5 Å². The van der Waals surface area contributed by atoms with Gasteiger partial charge in [0, 0.05) is 10.9 Å². The minimum absolute atomic E-state index is 0.158. The summed E-state index contributed by atoms with van der Waals surface area (Å²) in [5.41, 5.74) is 1.55. The maximum Gasteiger partial charge on any atom is 0.343 e. The van der Waals surface area contributed by atoms with Crippen LogP contribution in [0.25, 0.3) is 11.0 Å². The Kier molecular flexibility index (Phi) is 5.52. The van der Waals surface area contributed by atoms with Gasteiger partial charge in [-0.15, -0.1) is 0 Å². The van der Waals surface area contributed by atoms with Crippen molar-refractivity contribution in [2.24, 2.45) is 0 Å². The van der Waals surface area contributed by atoms with Gasteiger partial charge < -0.3 is 19.0 Å². The number of aliphatic hydroxyl groups is 1. The number of furan rings is 1. The van der Waals surface area contributed by atoms with Gasteiger partial charge in [0.25, 0.3) is 0 Å². The number of esters is 1. The van der Waals surface area contributed by atoms with E-state index in [1.54, 1.807) is 17.8 Å². The summed E-state index contributed by atoms with van der Waals surface area (Å²) in [6.07, 6.45) is 2.84. The van der Waals surface area contributed by atoms with Crippen molar-refractivity contribution < 1.29 is 23.8 Å². The monoisotopic (exact) mass is 310 g/mol. The van der Waals surface area contributed by atoms with Gasteiger partial charge >= 0.3 is 5.97 Å². The standard InChI is InChI=1S/C15H18O5S/c1-18-14(17)9-19-12-5-3-4-11-10(6-7-21-2)13(8-16)20-15(11)12/h3-5,16H,6-9H2,1-2H3. The van der Waals surface area contributed by atoms with Crippen LogP contribution < -0.4 is 4.74 Å². The number of thioether (sulfide) groups is 1. The fourth-order valence-corrected chi connectivity index (χ4v) is 2.52. The molecule has 0 bridgehead atoms. The quantitative estimate of drug-likeness (QED) is 0.792. The second kappa shape index (κ2) is 7.38. The van der Waals surface area contributed by atoms with Crippen molar-refractivity contribution in [3.63, 3.8) is 0 Å². The largest absolute Gasteiger partial charge is 0.478 e. The first kappa shape index (κ1) is 15.7. The van der Waals surface area contributed by atoms with Crippen LogP contribution in [0.15, 0.2) is 22.6 Å². The number of methoxy groups -OCH3 is 1. The lowest BCUT2D eigenvalue weighted by molar-refractivity contribution is -0.142. The lowest BCUT2D eigenvalue weighted by Gasteiger charge is -2.05. The minimum atomic E-state index is -0.455. The number of hydrogen-bond acceptors (Lipinski definition) is 6. The fourth-order valence-electron chi connectivity index (χ4n) is 2.11. The minimum Gasteiger partial charge on any atom is -0.478 e. The Labute approximate surface area is 127 Å². The van der Waals surface area contributed by atoms with E-state index in [4.69, 9.17) is 9.15 Å². The van der Waals surface area contributed by atoms with Crippen molar-refractivity contribution in [1.29, 1.82) is 0 Å². The van der Waals surface area contributed by atoms with E-state index < -0.39 is 5.97 Å². The molecule has 114 valence electrons. The van der Waals surface area contributed by atoms with Gasteiger partial charge in [-0.2, -0.15) is 11.8 Å². The summed E-state index contributed by atoms with van der Waals surface area (Å²) in [7, 11) is 1.31. The maximum atomic E-state index is 11.2. The number of carbonyl (C=O) groups is 1. The van der Waals surface area contributed by atoms with Crippen LogP contribution in [0.1, 0.15) is 11.3 Å². The fraction of sp³-hybridized carbons (Fsp3) is 0.400. The second-order valence-corrected chi connectivity index (χ2v) is 5.39. The Balaban J connectivity index is 2.35. The van der Waals surface area contributed by atoms with Gasteiger partial charge in [0.05, 0.1) is 7.11 Å². The number of benzene rings is 1. The maximum absolute atomic E-state index is 11.2.